The summed E-state index contributed by atoms with van der Waals surface area (Å²) in [6.45, 7) is 9.52. The summed E-state index contributed by atoms with van der Waals surface area (Å²) in [5.41, 5.74) is -0.133. The number of hydrogen-bond donors (Lipinski definition) is 0. The van der Waals surface area contributed by atoms with E-state index in [1.807, 2.05) is 13.0 Å². The fourth-order valence-electron chi connectivity index (χ4n) is 7.40. The minimum Gasteiger partial charge on any atom is -0.451 e. The maximum absolute atomic E-state index is 12.8. The van der Waals surface area contributed by atoms with Gasteiger partial charge in [0.05, 0.1) is 0 Å². The van der Waals surface area contributed by atoms with E-state index in [-0.39, 0.29) is 34.3 Å². The first-order valence-electron chi connectivity index (χ1n) is 10.7. The molecular weight excluding hydrogens is 352 g/mol. The molecule has 0 amide bonds. The van der Waals surface area contributed by atoms with Crippen molar-refractivity contribution in [2.24, 2.45) is 34.5 Å². The van der Waals surface area contributed by atoms with Gasteiger partial charge in [-0.1, -0.05) is 32.9 Å². The van der Waals surface area contributed by atoms with Crippen LogP contribution in [-0.2, 0) is 19.1 Å². The maximum Gasteiger partial charge on any atom is 0.303 e. The normalized spacial score (nSPS) is 46.9. The van der Waals surface area contributed by atoms with Crippen LogP contribution in [0.15, 0.2) is 23.8 Å². The summed E-state index contributed by atoms with van der Waals surface area (Å²) < 4.78 is 5.81. The molecule has 1 unspecified atom stereocenters. The van der Waals surface area contributed by atoms with Gasteiger partial charge in [-0.15, -0.1) is 0 Å². The Morgan fingerprint density at radius 1 is 1.11 bits per heavy atom. The molecule has 0 bridgehead atoms. The van der Waals surface area contributed by atoms with Crippen LogP contribution in [0, 0.1) is 34.5 Å². The minimum atomic E-state index is -0.991. The fourth-order valence-corrected chi connectivity index (χ4v) is 7.40. The van der Waals surface area contributed by atoms with E-state index in [9.17, 15) is 14.4 Å². The van der Waals surface area contributed by atoms with Crippen molar-refractivity contribution < 1.29 is 19.1 Å². The van der Waals surface area contributed by atoms with Gasteiger partial charge in [-0.25, -0.2) is 0 Å². The first-order valence-corrected chi connectivity index (χ1v) is 10.7. The van der Waals surface area contributed by atoms with Gasteiger partial charge in [0.25, 0.3) is 0 Å². The van der Waals surface area contributed by atoms with Crippen molar-refractivity contribution in [1.82, 2.24) is 0 Å². The van der Waals surface area contributed by atoms with Crippen LogP contribution < -0.4 is 0 Å². The van der Waals surface area contributed by atoms with Gasteiger partial charge in [0, 0.05) is 18.3 Å². The Hall–Kier alpha value is -1.71. The number of fused-ring (bicyclic) bond motifs is 5. The number of Topliss-reactive ketones (excluding diaryl/α,β-unsaturated/α-hetero) is 1. The molecule has 4 nitrogen and oxygen atoms in total. The van der Waals surface area contributed by atoms with Gasteiger partial charge >= 0.3 is 5.97 Å². The number of ether oxygens (including phenoxy) is 1. The van der Waals surface area contributed by atoms with Crippen molar-refractivity contribution in [3.05, 3.63) is 23.8 Å². The Balaban J connectivity index is 1.75. The zero-order chi connectivity index (χ0) is 20.5. The van der Waals surface area contributed by atoms with Gasteiger partial charge in [-0.2, -0.15) is 0 Å². The number of carbonyl (C=O) groups excluding carboxylic acids is 3. The molecule has 152 valence electrons. The summed E-state index contributed by atoms with van der Waals surface area (Å²) in [5.74, 6) is 1.06. The largest absolute Gasteiger partial charge is 0.451 e. The second-order valence-electron chi connectivity index (χ2n) is 10.1. The van der Waals surface area contributed by atoms with E-state index in [1.54, 1.807) is 6.92 Å². The molecule has 2 fully saturated rings. The van der Waals surface area contributed by atoms with Crippen LogP contribution in [-0.4, -0.2) is 23.1 Å². The molecule has 0 aromatic heterocycles. The molecule has 4 aliphatic carbocycles. The van der Waals surface area contributed by atoms with Crippen LogP contribution in [0.25, 0.3) is 0 Å². The predicted octanol–water partition coefficient (Wildman–Crippen LogP) is 4.43. The van der Waals surface area contributed by atoms with Gasteiger partial charge in [0.1, 0.15) is 0 Å². The third-order valence-corrected chi connectivity index (χ3v) is 8.83. The number of rotatable bonds is 2. The van der Waals surface area contributed by atoms with Gasteiger partial charge in [-0.05, 0) is 73.8 Å². The van der Waals surface area contributed by atoms with Gasteiger partial charge in [0.15, 0.2) is 17.2 Å². The van der Waals surface area contributed by atoms with E-state index >= 15 is 0 Å². The molecule has 4 rings (SSSR count). The van der Waals surface area contributed by atoms with Gasteiger partial charge in [-0.3, -0.25) is 14.4 Å². The molecule has 7 atom stereocenters. The van der Waals surface area contributed by atoms with Crippen LogP contribution in [0.1, 0.15) is 66.7 Å². The van der Waals surface area contributed by atoms with Crippen LogP contribution in [0.3, 0.4) is 0 Å². The van der Waals surface area contributed by atoms with Crippen molar-refractivity contribution >= 4 is 17.5 Å². The first kappa shape index (κ1) is 19.6. The standard InChI is InChI=1S/C24H32O4/c1-14-13-22(4)17(12-21(14)27)6-7-18-19(22)8-10-23(5)20(18)9-11-24(23,15(2)25)28-16(3)26/h6-7,12,14,18-20H,8-11,13H2,1-5H3/t14?,18-,19+,20+,22+,23+,24+/m1/s1. The molecule has 4 heteroatoms. The Bertz CT molecular complexity index is 807. The van der Waals surface area contributed by atoms with Crippen molar-refractivity contribution in [2.75, 3.05) is 0 Å². The fraction of sp³-hybridized carbons (Fsp3) is 0.708. The topological polar surface area (TPSA) is 60.4 Å². The average molecular weight is 385 g/mol. The summed E-state index contributed by atoms with van der Waals surface area (Å²) in [6, 6.07) is 0. The lowest BCUT2D eigenvalue weighted by Gasteiger charge is -2.57. The van der Waals surface area contributed by atoms with E-state index in [0.717, 1.165) is 25.7 Å². The van der Waals surface area contributed by atoms with Crippen LogP contribution in [0.2, 0.25) is 0 Å². The second-order valence-corrected chi connectivity index (χ2v) is 10.1. The van der Waals surface area contributed by atoms with E-state index in [0.29, 0.717) is 24.2 Å². The Morgan fingerprint density at radius 3 is 2.43 bits per heavy atom. The lowest BCUT2D eigenvalue weighted by Crippen LogP contribution is -2.58. The van der Waals surface area contributed by atoms with Gasteiger partial charge < -0.3 is 4.74 Å². The molecule has 2 saturated carbocycles. The van der Waals surface area contributed by atoms with Crippen LogP contribution >= 0.6 is 0 Å². The monoisotopic (exact) mass is 384 g/mol. The van der Waals surface area contributed by atoms with E-state index in [2.05, 4.69) is 26.0 Å². The SMILES string of the molecule is CC(=O)O[C@]1(C(C)=O)CC[C@H]2[C@@H]3C=CC4=CC(=O)C(C)C[C@]4(C)[C@H]3CC[C@@]21C. The molecule has 0 radical (unpaired) electrons. The lowest BCUT2D eigenvalue weighted by atomic mass is 9.47. The molecule has 0 saturated heterocycles. The second kappa shape index (κ2) is 6.14. The molecule has 0 aromatic carbocycles. The van der Waals surface area contributed by atoms with E-state index in [4.69, 9.17) is 4.74 Å². The summed E-state index contributed by atoms with van der Waals surface area (Å²) >= 11 is 0. The molecule has 0 heterocycles. The maximum atomic E-state index is 12.8. The Kier molecular flexibility index (Phi) is 4.30. The van der Waals surface area contributed by atoms with E-state index in [1.165, 1.54) is 12.5 Å². The third kappa shape index (κ3) is 2.39. The molecule has 4 aliphatic rings. The summed E-state index contributed by atoms with van der Waals surface area (Å²) in [5, 5.41) is 0. The average Bonchev–Trinajstić information content (AvgIpc) is 2.89. The Morgan fingerprint density at radius 2 is 1.79 bits per heavy atom. The summed E-state index contributed by atoms with van der Waals surface area (Å²) in [7, 11) is 0. The van der Waals surface area contributed by atoms with Crippen molar-refractivity contribution in [2.45, 2.75) is 72.3 Å². The van der Waals surface area contributed by atoms with Crippen molar-refractivity contribution in [1.29, 1.82) is 0 Å². The third-order valence-electron chi connectivity index (χ3n) is 8.83. The van der Waals surface area contributed by atoms with Gasteiger partial charge in [0.2, 0.25) is 0 Å². The quantitative estimate of drug-likeness (QED) is 0.661. The molecule has 0 N–H and O–H groups in total. The molecule has 0 aliphatic heterocycles. The lowest BCUT2D eigenvalue weighted by molar-refractivity contribution is -0.185. The highest BCUT2D eigenvalue weighted by molar-refractivity contribution is 5.94. The van der Waals surface area contributed by atoms with Crippen molar-refractivity contribution in [3.8, 4) is 0 Å². The van der Waals surface area contributed by atoms with Crippen LogP contribution in [0.4, 0.5) is 0 Å². The number of ketones is 2. The highest BCUT2D eigenvalue weighted by atomic mass is 16.6. The number of carbonyl (C=O) groups is 3. The highest BCUT2D eigenvalue weighted by Gasteiger charge is 2.67. The molecular formula is C24H32O4. The smallest absolute Gasteiger partial charge is 0.303 e. The van der Waals surface area contributed by atoms with Crippen LogP contribution in [0.5, 0.6) is 0 Å². The molecule has 28 heavy (non-hydrogen) atoms. The predicted molar refractivity (Wildman–Crippen MR) is 106 cm³/mol. The van der Waals surface area contributed by atoms with Crippen molar-refractivity contribution in [3.63, 3.8) is 0 Å². The first-order chi connectivity index (χ1) is 13.0. The zero-order valence-corrected chi connectivity index (χ0v) is 17.7. The summed E-state index contributed by atoms with van der Waals surface area (Å²) in [4.78, 5) is 36.9. The minimum absolute atomic E-state index is 0.0109. The molecule has 0 aromatic rings. The zero-order valence-electron chi connectivity index (χ0n) is 17.7. The Labute approximate surface area is 167 Å². The van der Waals surface area contributed by atoms with E-state index < -0.39 is 5.60 Å². The highest BCUT2D eigenvalue weighted by Crippen LogP contribution is 2.67. The summed E-state index contributed by atoms with van der Waals surface area (Å²) in [6.07, 6.45) is 10.6. The number of esters is 1. The molecule has 0 spiro atoms. The number of allylic oxidation sites excluding steroid dienone is 4. The number of hydrogen-bond acceptors (Lipinski definition) is 4.